The van der Waals surface area contributed by atoms with E-state index in [2.05, 4.69) is 10.2 Å². The highest BCUT2D eigenvalue weighted by Gasteiger charge is 2.09. The van der Waals surface area contributed by atoms with Crippen molar-refractivity contribution in [2.75, 3.05) is 38.3 Å². The number of hydrogen-bond donors (Lipinski definition) is 2. The van der Waals surface area contributed by atoms with Gasteiger partial charge in [-0.05, 0) is 18.2 Å². The SMILES string of the molecule is CN=Nc1ccc(N(CCO)CCO)c(Cl)c1. The van der Waals surface area contributed by atoms with Crippen molar-refractivity contribution >= 4 is 23.0 Å². The maximum atomic E-state index is 8.95. The summed E-state index contributed by atoms with van der Waals surface area (Å²) in [5.74, 6) is 0. The van der Waals surface area contributed by atoms with Gasteiger partial charge < -0.3 is 15.1 Å². The molecule has 0 aromatic heterocycles. The van der Waals surface area contributed by atoms with E-state index in [1.165, 1.54) is 0 Å². The summed E-state index contributed by atoms with van der Waals surface area (Å²) in [4.78, 5) is 1.81. The minimum Gasteiger partial charge on any atom is -0.395 e. The van der Waals surface area contributed by atoms with Crippen LogP contribution in [0.2, 0.25) is 5.02 Å². The molecule has 0 unspecified atom stereocenters. The minimum atomic E-state index is 0.00670. The molecule has 0 aliphatic carbocycles. The number of azo groups is 1. The molecule has 1 rings (SSSR count). The fourth-order valence-electron chi connectivity index (χ4n) is 1.52. The normalized spacial score (nSPS) is 11.1. The Bertz CT molecular complexity index is 379. The van der Waals surface area contributed by atoms with Crippen LogP contribution in [0.25, 0.3) is 0 Å². The average molecular weight is 258 g/mol. The predicted molar refractivity (Wildman–Crippen MR) is 68.3 cm³/mol. The summed E-state index contributed by atoms with van der Waals surface area (Å²) in [6.45, 7) is 0.864. The Kier molecular flexibility index (Phi) is 5.90. The first-order valence-electron chi connectivity index (χ1n) is 5.29. The van der Waals surface area contributed by atoms with Gasteiger partial charge in [0.05, 0.1) is 29.6 Å². The van der Waals surface area contributed by atoms with E-state index in [-0.39, 0.29) is 13.2 Å². The number of nitrogens with zero attached hydrogens (tertiary/aromatic N) is 3. The third kappa shape index (κ3) is 3.96. The predicted octanol–water partition coefficient (Wildman–Crippen LogP) is 1.84. The molecule has 1 aromatic carbocycles. The third-order valence-electron chi connectivity index (χ3n) is 2.23. The van der Waals surface area contributed by atoms with Crippen molar-refractivity contribution in [3.63, 3.8) is 0 Å². The average Bonchev–Trinajstić information content (AvgIpc) is 2.29. The Morgan fingerprint density at radius 2 is 1.88 bits per heavy atom. The molecule has 0 aliphatic heterocycles. The lowest BCUT2D eigenvalue weighted by atomic mass is 10.2. The van der Waals surface area contributed by atoms with E-state index in [1.807, 2.05) is 4.90 Å². The van der Waals surface area contributed by atoms with Crippen LogP contribution in [-0.2, 0) is 0 Å². The highest BCUT2D eigenvalue weighted by atomic mass is 35.5. The zero-order chi connectivity index (χ0) is 12.7. The minimum absolute atomic E-state index is 0.00670. The second-order valence-electron chi connectivity index (χ2n) is 3.37. The number of aliphatic hydroxyl groups excluding tert-OH is 2. The van der Waals surface area contributed by atoms with Crippen molar-refractivity contribution in [2.24, 2.45) is 10.2 Å². The highest BCUT2D eigenvalue weighted by molar-refractivity contribution is 6.33. The molecule has 5 nitrogen and oxygen atoms in total. The van der Waals surface area contributed by atoms with E-state index < -0.39 is 0 Å². The van der Waals surface area contributed by atoms with Gasteiger partial charge in [-0.3, -0.25) is 0 Å². The Balaban J connectivity index is 2.95. The van der Waals surface area contributed by atoms with Gasteiger partial charge in [0.2, 0.25) is 0 Å². The van der Waals surface area contributed by atoms with Crippen LogP contribution < -0.4 is 4.90 Å². The van der Waals surface area contributed by atoms with Gasteiger partial charge in [0, 0.05) is 20.1 Å². The summed E-state index contributed by atoms with van der Waals surface area (Å²) in [6.07, 6.45) is 0. The molecule has 0 radical (unpaired) electrons. The van der Waals surface area contributed by atoms with Crippen molar-refractivity contribution in [1.82, 2.24) is 0 Å². The molecule has 0 heterocycles. The maximum Gasteiger partial charge on any atom is 0.0868 e. The van der Waals surface area contributed by atoms with Crippen molar-refractivity contribution in [1.29, 1.82) is 0 Å². The first-order valence-corrected chi connectivity index (χ1v) is 5.66. The van der Waals surface area contributed by atoms with Crippen molar-refractivity contribution < 1.29 is 10.2 Å². The molecule has 17 heavy (non-hydrogen) atoms. The molecule has 94 valence electrons. The zero-order valence-corrected chi connectivity index (χ0v) is 10.4. The van der Waals surface area contributed by atoms with Crippen LogP contribution in [-0.4, -0.2) is 43.6 Å². The number of hydrogen-bond acceptors (Lipinski definition) is 5. The second-order valence-corrected chi connectivity index (χ2v) is 3.78. The molecular weight excluding hydrogens is 242 g/mol. The summed E-state index contributed by atoms with van der Waals surface area (Å²) in [5.41, 5.74) is 1.44. The summed E-state index contributed by atoms with van der Waals surface area (Å²) in [5, 5.41) is 26.0. The molecule has 0 saturated heterocycles. The lowest BCUT2D eigenvalue weighted by Gasteiger charge is -2.24. The monoisotopic (exact) mass is 257 g/mol. The van der Waals surface area contributed by atoms with Crippen molar-refractivity contribution in [3.05, 3.63) is 23.2 Å². The molecule has 1 aromatic rings. The third-order valence-corrected chi connectivity index (χ3v) is 2.53. The van der Waals surface area contributed by atoms with Crippen LogP contribution in [0.5, 0.6) is 0 Å². The molecule has 0 atom stereocenters. The molecule has 0 amide bonds. The van der Waals surface area contributed by atoms with Crippen LogP contribution in [0, 0.1) is 0 Å². The number of rotatable bonds is 6. The van der Waals surface area contributed by atoms with Gasteiger partial charge >= 0.3 is 0 Å². The largest absolute Gasteiger partial charge is 0.395 e. The van der Waals surface area contributed by atoms with Crippen molar-refractivity contribution in [2.45, 2.75) is 0 Å². The summed E-state index contributed by atoms with van der Waals surface area (Å²) < 4.78 is 0. The first kappa shape index (κ1) is 13.9. The molecule has 0 spiro atoms. The van der Waals surface area contributed by atoms with E-state index in [0.29, 0.717) is 23.8 Å². The van der Waals surface area contributed by atoms with E-state index in [4.69, 9.17) is 21.8 Å². The first-order chi connectivity index (χ1) is 8.22. The van der Waals surface area contributed by atoms with Crippen LogP contribution >= 0.6 is 11.6 Å². The summed E-state index contributed by atoms with van der Waals surface area (Å²) in [6, 6.07) is 5.29. The van der Waals surface area contributed by atoms with Gasteiger partial charge in [-0.25, -0.2) is 0 Å². The van der Waals surface area contributed by atoms with Crippen LogP contribution in [0.4, 0.5) is 11.4 Å². The Morgan fingerprint density at radius 3 is 2.35 bits per heavy atom. The van der Waals surface area contributed by atoms with E-state index >= 15 is 0 Å². The lowest BCUT2D eigenvalue weighted by Crippen LogP contribution is -2.29. The fourth-order valence-corrected chi connectivity index (χ4v) is 1.82. The second kappa shape index (κ2) is 7.21. The molecule has 0 aliphatic rings. The van der Waals surface area contributed by atoms with Crippen LogP contribution in [0.3, 0.4) is 0 Å². The maximum absolute atomic E-state index is 8.95. The van der Waals surface area contributed by atoms with Gasteiger partial charge in [0.15, 0.2) is 0 Å². The standard InChI is InChI=1S/C11H16ClN3O2/c1-13-14-9-2-3-11(10(12)8-9)15(4-6-16)5-7-17/h2-3,8,16-17H,4-7H2,1H3. The smallest absolute Gasteiger partial charge is 0.0868 e. The zero-order valence-electron chi connectivity index (χ0n) is 9.67. The molecule has 6 heteroatoms. The molecule has 0 saturated carbocycles. The number of benzene rings is 1. The van der Waals surface area contributed by atoms with Crippen LogP contribution in [0.1, 0.15) is 0 Å². The van der Waals surface area contributed by atoms with Gasteiger partial charge in [0.25, 0.3) is 0 Å². The van der Waals surface area contributed by atoms with E-state index in [1.54, 1.807) is 25.2 Å². The molecule has 0 bridgehead atoms. The Labute approximate surface area is 105 Å². The quantitative estimate of drug-likeness (QED) is 0.764. The van der Waals surface area contributed by atoms with Gasteiger partial charge in [0.1, 0.15) is 0 Å². The van der Waals surface area contributed by atoms with Crippen molar-refractivity contribution in [3.8, 4) is 0 Å². The fraction of sp³-hybridized carbons (Fsp3) is 0.455. The Morgan fingerprint density at radius 1 is 1.24 bits per heavy atom. The number of aliphatic hydroxyl groups is 2. The van der Waals surface area contributed by atoms with E-state index in [0.717, 1.165) is 5.69 Å². The highest BCUT2D eigenvalue weighted by Crippen LogP contribution is 2.29. The lowest BCUT2D eigenvalue weighted by molar-refractivity contribution is 0.281. The van der Waals surface area contributed by atoms with Gasteiger partial charge in [-0.15, -0.1) is 0 Å². The summed E-state index contributed by atoms with van der Waals surface area (Å²) >= 11 is 6.12. The van der Waals surface area contributed by atoms with E-state index in [9.17, 15) is 0 Å². The van der Waals surface area contributed by atoms with Crippen LogP contribution in [0.15, 0.2) is 28.4 Å². The molecule has 0 fully saturated rings. The molecule has 2 N–H and O–H groups in total. The molecular formula is C11H16ClN3O2. The van der Waals surface area contributed by atoms with Gasteiger partial charge in [-0.2, -0.15) is 10.2 Å². The number of anilines is 1. The number of halogens is 1. The summed E-state index contributed by atoms with van der Waals surface area (Å²) in [7, 11) is 1.59. The Hall–Kier alpha value is -1.17. The van der Waals surface area contributed by atoms with Gasteiger partial charge in [-0.1, -0.05) is 11.6 Å². The topological polar surface area (TPSA) is 68.4 Å².